The molecule has 0 bridgehead atoms. The molecule has 0 amide bonds. The number of hydrogen-bond acceptors (Lipinski definition) is 3. The third-order valence-corrected chi connectivity index (χ3v) is 4.09. The smallest absolute Gasteiger partial charge is 0.0803 e. The molecule has 0 heterocycles. The molecular weight excluding hydrogens is 244 g/mol. The molecule has 1 unspecified atom stereocenters. The third kappa shape index (κ3) is 3.51. The average Bonchev–Trinajstić information content (AvgIpc) is 2.24. The van der Waals surface area contributed by atoms with Gasteiger partial charge in [-0.3, -0.25) is 4.21 Å². The van der Waals surface area contributed by atoms with Crippen LogP contribution in [0.25, 0.3) is 0 Å². The Labute approximate surface area is 103 Å². The molecule has 0 radical (unpaired) electrons. The summed E-state index contributed by atoms with van der Waals surface area (Å²) in [6, 6.07) is 7.15. The summed E-state index contributed by atoms with van der Waals surface area (Å²) in [5, 5.41) is 8.81. The Morgan fingerprint density at radius 1 is 1.44 bits per heavy atom. The fourth-order valence-corrected chi connectivity index (χ4v) is 3.03. The Hall–Kier alpha value is -1.05. The highest BCUT2D eigenvalue weighted by Gasteiger charge is 2.11. The number of nitrogen functional groups attached to an aromatic ring is 1. The SMILES string of the molecule is N#CCCCCS(=O)c1c(N)cccc1Cl. The maximum atomic E-state index is 11.9. The quantitative estimate of drug-likeness (QED) is 0.651. The Bertz CT molecular complexity index is 408. The van der Waals surface area contributed by atoms with Gasteiger partial charge in [0, 0.05) is 17.9 Å². The molecule has 0 saturated heterocycles. The molecule has 1 aromatic carbocycles. The Balaban J connectivity index is 2.63. The normalized spacial score (nSPS) is 12.0. The number of anilines is 1. The van der Waals surface area contributed by atoms with E-state index in [0.29, 0.717) is 27.8 Å². The van der Waals surface area contributed by atoms with Gasteiger partial charge in [0.25, 0.3) is 0 Å². The standard InChI is InChI=1S/C11H13ClN2OS/c12-9-5-4-6-10(14)11(9)16(15)8-3-1-2-7-13/h4-6H,1-3,8,14H2. The summed E-state index contributed by atoms with van der Waals surface area (Å²) >= 11 is 5.94. The second-order valence-corrected chi connectivity index (χ2v) is 5.24. The summed E-state index contributed by atoms with van der Waals surface area (Å²) in [5.74, 6) is 0.496. The first-order chi connectivity index (χ1) is 7.66. The van der Waals surface area contributed by atoms with E-state index in [1.165, 1.54) is 0 Å². The molecule has 0 fully saturated rings. The van der Waals surface area contributed by atoms with Gasteiger partial charge in [-0.15, -0.1) is 0 Å². The van der Waals surface area contributed by atoms with Crippen LogP contribution in [-0.4, -0.2) is 9.96 Å². The summed E-state index contributed by atoms with van der Waals surface area (Å²) in [6.45, 7) is 0. The van der Waals surface area contributed by atoms with Crippen molar-refractivity contribution in [2.45, 2.75) is 24.2 Å². The molecule has 16 heavy (non-hydrogen) atoms. The molecule has 3 nitrogen and oxygen atoms in total. The number of nitrogens with zero attached hydrogens (tertiary/aromatic N) is 1. The fourth-order valence-electron chi connectivity index (χ4n) is 1.30. The predicted molar refractivity (Wildman–Crippen MR) is 66.6 cm³/mol. The van der Waals surface area contributed by atoms with E-state index < -0.39 is 10.8 Å². The minimum absolute atomic E-state index is 0.443. The van der Waals surface area contributed by atoms with E-state index in [-0.39, 0.29) is 0 Å². The number of nitrogens with two attached hydrogens (primary N) is 1. The van der Waals surface area contributed by atoms with Gasteiger partial charge >= 0.3 is 0 Å². The van der Waals surface area contributed by atoms with E-state index in [1.54, 1.807) is 18.2 Å². The van der Waals surface area contributed by atoms with E-state index in [4.69, 9.17) is 22.6 Å². The number of unbranched alkanes of at least 4 members (excludes halogenated alkanes) is 2. The molecule has 2 N–H and O–H groups in total. The van der Waals surface area contributed by atoms with Crippen molar-refractivity contribution in [3.8, 4) is 6.07 Å². The van der Waals surface area contributed by atoms with Crippen molar-refractivity contribution >= 4 is 28.1 Å². The Morgan fingerprint density at radius 3 is 2.81 bits per heavy atom. The Morgan fingerprint density at radius 2 is 2.19 bits per heavy atom. The van der Waals surface area contributed by atoms with Gasteiger partial charge in [-0.05, 0) is 25.0 Å². The van der Waals surface area contributed by atoms with Crippen LogP contribution in [0, 0.1) is 11.3 Å². The van der Waals surface area contributed by atoms with Gasteiger partial charge in [-0.1, -0.05) is 17.7 Å². The molecule has 5 heteroatoms. The molecule has 0 aromatic heterocycles. The van der Waals surface area contributed by atoms with Crippen molar-refractivity contribution in [1.29, 1.82) is 5.26 Å². The van der Waals surface area contributed by atoms with Crippen LogP contribution in [0.1, 0.15) is 19.3 Å². The zero-order valence-corrected chi connectivity index (χ0v) is 10.4. The molecule has 1 atom stereocenters. The summed E-state index contributed by atoms with van der Waals surface area (Å²) < 4.78 is 11.9. The minimum Gasteiger partial charge on any atom is -0.398 e. The van der Waals surface area contributed by atoms with Crippen molar-refractivity contribution in [2.24, 2.45) is 0 Å². The van der Waals surface area contributed by atoms with Crippen molar-refractivity contribution in [2.75, 3.05) is 11.5 Å². The van der Waals surface area contributed by atoms with Gasteiger partial charge < -0.3 is 5.73 Å². The van der Waals surface area contributed by atoms with Crippen molar-refractivity contribution in [1.82, 2.24) is 0 Å². The zero-order chi connectivity index (χ0) is 12.0. The summed E-state index contributed by atoms with van der Waals surface area (Å²) in [7, 11) is -1.18. The number of nitriles is 1. The molecule has 0 aliphatic heterocycles. The highest BCUT2D eigenvalue weighted by Crippen LogP contribution is 2.26. The molecule has 1 aromatic rings. The number of hydrogen-bond donors (Lipinski definition) is 1. The van der Waals surface area contributed by atoms with Crippen LogP contribution in [0.5, 0.6) is 0 Å². The molecule has 1 rings (SSSR count). The van der Waals surface area contributed by atoms with Gasteiger partial charge in [0.1, 0.15) is 0 Å². The molecule has 0 aliphatic rings. The van der Waals surface area contributed by atoms with E-state index in [2.05, 4.69) is 6.07 Å². The molecule has 0 saturated carbocycles. The minimum atomic E-state index is -1.18. The maximum absolute atomic E-state index is 11.9. The van der Waals surface area contributed by atoms with Crippen molar-refractivity contribution in [3.63, 3.8) is 0 Å². The topological polar surface area (TPSA) is 66.9 Å². The van der Waals surface area contributed by atoms with Crippen LogP contribution < -0.4 is 5.73 Å². The molecule has 0 spiro atoms. The van der Waals surface area contributed by atoms with E-state index >= 15 is 0 Å². The third-order valence-electron chi connectivity index (χ3n) is 2.09. The van der Waals surface area contributed by atoms with E-state index in [0.717, 1.165) is 12.8 Å². The average molecular weight is 257 g/mol. The molecular formula is C11H13ClN2OS. The van der Waals surface area contributed by atoms with E-state index in [9.17, 15) is 4.21 Å². The number of rotatable bonds is 5. The zero-order valence-electron chi connectivity index (χ0n) is 8.78. The van der Waals surface area contributed by atoms with Crippen LogP contribution in [0.15, 0.2) is 23.1 Å². The molecule has 86 valence electrons. The second kappa shape index (κ2) is 6.51. The van der Waals surface area contributed by atoms with Gasteiger partial charge in [0.2, 0.25) is 0 Å². The number of halogens is 1. The summed E-state index contributed by atoms with van der Waals surface area (Å²) in [5.41, 5.74) is 6.19. The van der Waals surface area contributed by atoms with Gasteiger partial charge in [-0.25, -0.2) is 0 Å². The predicted octanol–water partition coefficient (Wildman–Crippen LogP) is 2.72. The lowest BCUT2D eigenvalue weighted by Gasteiger charge is -2.07. The summed E-state index contributed by atoms with van der Waals surface area (Å²) in [4.78, 5) is 0.515. The lowest BCUT2D eigenvalue weighted by Crippen LogP contribution is -2.03. The first-order valence-corrected chi connectivity index (χ1v) is 6.66. The number of benzene rings is 1. The van der Waals surface area contributed by atoms with Crippen molar-refractivity contribution < 1.29 is 4.21 Å². The van der Waals surface area contributed by atoms with E-state index in [1.807, 2.05) is 0 Å². The largest absolute Gasteiger partial charge is 0.398 e. The van der Waals surface area contributed by atoms with Gasteiger partial charge in [-0.2, -0.15) is 5.26 Å². The maximum Gasteiger partial charge on any atom is 0.0803 e. The second-order valence-electron chi connectivity index (χ2n) is 3.32. The van der Waals surface area contributed by atoms with Gasteiger partial charge in [0.05, 0.1) is 26.8 Å². The van der Waals surface area contributed by atoms with Gasteiger partial charge in [0.15, 0.2) is 0 Å². The first kappa shape index (κ1) is 13.0. The first-order valence-electron chi connectivity index (χ1n) is 4.96. The van der Waals surface area contributed by atoms with Crippen molar-refractivity contribution in [3.05, 3.63) is 23.2 Å². The van der Waals surface area contributed by atoms with Crippen LogP contribution in [0.2, 0.25) is 5.02 Å². The monoisotopic (exact) mass is 256 g/mol. The Kier molecular flexibility index (Phi) is 5.30. The van der Waals surface area contributed by atoms with Crippen LogP contribution >= 0.6 is 11.6 Å². The van der Waals surface area contributed by atoms with Crippen LogP contribution in [0.3, 0.4) is 0 Å². The molecule has 0 aliphatic carbocycles. The highest BCUT2D eigenvalue weighted by atomic mass is 35.5. The lowest BCUT2D eigenvalue weighted by molar-refractivity contribution is 0.678. The van der Waals surface area contributed by atoms with Crippen LogP contribution in [-0.2, 0) is 10.8 Å². The van der Waals surface area contributed by atoms with Crippen LogP contribution in [0.4, 0.5) is 5.69 Å². The summed E-state index contributed by atoms with van der Waals surface area (Å²) in [6.07, 6.45) is 1.99. The fraction of sp³-hybridized carbons (Fsp3) is 0.364. The lowest BCUT2D eigenvalue weighted by atomic mass is 10.3. The highest BCUT2D eigenvalue weighted by molar-refractivity contribution is 7.85.